The van der Waals surface area contributed by atoms with Crippen molar-refractivity contribution < 1.29 is 9.53 Å². The van der Waals surface area contributed by atoms with Gasteiger partial charge in [0, 0.05) is 6.07 Å². The number of aromatic nitrogens is 1. The zero-order valence-electron chi connectivity index (χ0n) is 8.64. The average Bonchev–Trinajstić information content (AvgIpc) is 2.33. The zero-order chi connectivity index (χ0) is 12.3. The number of aromatic amines is 1. The lowest BCUT2D eigenvalue weighted by atomic mass is 10.3. The molecule has 0 fully saturated rings. The summed E-state index contributed by atoms with van der Waals surface area (Å²) in [5.74, 6) is -0.308. The summed E-state index contributed by atoms with van der Waals surface area (Å²) in [5.41, 5.74) is -0.461. The number of benzene rings is 1. The van der Waals surface area contributed by atoms with Gasteiger partial charge in [-0.25, -0.2) is 4.79 Å². The lowest BCUT2D eigenvalue weighted by Crippen LogP contribution is -2.16. The van der Waals surface area contributed by atoms with Gasteiger partial charge in [-0.05, 0) is 18.2 Å². The fourth-order valence-corrected chi connectivity index (χ4v) is 1.44. The van der Waals surface area contributed by atoms with Crippen LogP contribution >= 0.6 is 11.6 Å². The SMILES string of the molecule is O=C(Oc1ccccc1)c1[nH]c(=O)ccc1Cl. The second-order valence-corrected chi connectivity index (χ2v) is 3.66. The van der Waals surface area contributed by atoms with Gasteiger partial charge in [-0.3, -0.25) is 4.79 Å². The van der Waals surface area contributed by atoms with Gasteiger partial charge in [0.2, 0.25) is 5.56 Å². The van der Waals surface area contributed by atoms with Crippen LogP contribution < -0.4 is 10.3 Å². The Bertz CT molecular complexity index is 592. The minimum Gasteiger partial charge on any atom is -0.422 e. The Labute approximate surface area is 102 Å². The molecule has 2 aromatic rings. The van der Waals surface area contributed by atoms with Crippen molar-refractivity contribution in [2.75, 3.05) is 0 Å². The third-order valence-electron chi connectivity index (χ3n) is 2.03. The summed E-state index contributed by atoms with van der Waals surface area (Å²) in [6.07, 6.45) is 0. The number of hydrogen-bond donors (Lipinski definition) is 1. The summed E-state index contributed by atoms with van der Waals surface area (Å²) in [7, 11) is 0. The van der Waals surface area contributed by atoms with E-state index >= 15 is 0 Å². The smallest absolute Gasteiger partial charge is 0.361 e. The van der Waals surface area contributed by atoms with Gasteiger partial charge >= 0.3 is 5.97 Å². The van der Waals surface area contributed by atoms with E-state index in [1.807, 2.05) is 0 Å². The van der Waals surface area contributed by atoms with E-state index in [4.69, 9.17) is 16.3 Å². The van der Waals surface area contributed by atoms with Crippen LogP contribution in [0.4, 0.5) is 0 Å². The van der Waals surface area contributed by atoms with Crippen molar-refractivity contribution in [2.24, 2.45) is 0 Å². The highest BCUT2D eigenvalue weighted by atomic mass is 35.5. The van der Waals surface area contributed by atoms with Crippen molar-refractivity contribution in [2.45, 2.75) is 0 Å². The topological polar surface area (TPSA) is 59.2 Å². The summed E-state index contributed by atoms with van der Waals surface area (Å²) >= 11 is 5.79. The minimum absolute atomic E-state index is 0.0528. The molecule has 0 aliphatic rings. The van der Waals surface area contributed by atoms with Crippen molar-refractivity contribution in [3.63, 3.8) is 0 Å². The average molecular weight is 250 g/mol. The first-order valence-corrected chi connectivity index (χ1v) is 5.20. The van der Waals surface area contributed by atoms with Crippen LogP contribution in [-0.2, 0) is 0 Å². The molecule has 1 N–H and O–H groups in total. The molecular formula is C12H8ClNO3. The maximum atomic E-state index is 11.7. The molecule has 4 nitrogen and oxygen atoms in total. The Morgan fingerprint density at radius 3 is 2.53 bits per heavy atom. The molecule has 1 heterocycles. The number of H-pyrrole nitrogens is 1. The molecule has 0 unspecified atom stereocenters. The van der Waals surface area contributed by atoms with Gasteiger partial charge in [0.05, 0.1) is 5.02 Å². The summed E-state index contributed by atoms with van der Waals surface area (Å²) < 4.78 is 5.04. The van der Waals surface area contributed by atoms with Crippen LogP contribution in [0.25, 0.3) is 0 Å². The molecule has 2 rings (SSSR count). The fourth-order valence-electron chi connectivity index (χ4n) is 1.25. The molecule has 0 aliphatic carbocycles. The predicted octanol–water partition coefficient (Wildman–Crippen LogP) is 2.25. The number of ether oxygens (including phenoxy) is 1. The van der Waals surface area contributed by atoms with Gasteiger partial charge in [-0.15, -0.1) is 0 Å². The van der Waals surface area contributed by atoms with Gasteiger partial charge < -0.3 is 9.72 Å². The molecule has 1 aromatic carbocycles. The quantitative estimate of drug-likeness (QED) is 0.656. The largest absolute Gasteiger partial charge is 0.422 e. The van der Waals surface area contributed by atoms with Crippen LogP contribution in [0.15, 0.2) is 47.3 Å². The number of para-hydroxylation sites is 1. The van der Waals surface area contributed by atoms with Crippen LogP contribution in [0.1, 0.15) is 10.5 Å². The van der Waals surface area contributed by atoms with E-state index in [1.165, 1.54) is 12.1 Å². The maximum Gasteiger partial charge on any atom is 0.361 e. The molecule has 0 aliphatic heterocycles. The van der Waals surface area contributed by atoms with Crippen molar-refractivity contribution in [1.82, 2.24) is 4.98 Å². The Balaban J connectivity index is 2.26. The highest BCUT2D eigenvalue weighted by molar-refractivity contribution is 6.33. The van der Waals surface area contributed by atoms with Crippen molar-refractivity contribution >= 4 is 17.6 Å². The van der Waals surface area contributed by atoms with Gasteiger partial charge in [-0.1, -0.05) is 29.8 Å². The predicted molar refractivity (Wildman–Crippen MR) is 63.5 cm³/mol. The van der Waals surface area contributed by atoms with Crippen molar-refractivity contribution in [1.29, 1.82) is 0 Å². The Kier molecular flexibility index (Phi) is 3.25. The molecular weight excluding hydrogens is 242 g/mol. The highest BCUT2D eigenvalue weighted by Gasteiger charge is 2.13. The molecule has 1 aromatic heterocycles. The highest BCUT2D eigenvalue weighted by Crippen LogP contribution is 2.15. The van der Waals surface area contributed by atoms with Gasteiger partial charge in [0.15, 0.2) is 0 Å². The molecule has 0 spiro atoms. The number of hydrogen-bond acceptors (Lipinski definition) is 3. The first-order valence-electron chi connectivity index (χ1n) is 4.83. The van der Waals surface area contributed by atoms with E-state index in [-0.39, 0.29) is 10.7 Å². The molecule has 0 amide bonds. The lowest BCUT2D eigenvalue weighted by molar-refractivity contribution is 0.0728. The first kappa shape index (κ1) is 11.4. The molecule has 17 heavy (non-hydrogen) atoms. The summed E-state index contributed by atoms with van der Waals surface area (Å²) in [6, 6.07) is 11.1. The number of nitrogens with one attached hydrogen (secondary N) is 1. The van der Waals surface area contributed by atoms with E-state index in [9.17, 15) is 9.59 Å². The molecule has 86 valence electrons. The Hall–Kier alpha value is -2.07. The fraction of sp³-hybridized carbons (Fsp3) is 0. The molecule has 0 saturated carbocycles. The third-order valence-corrected chi connectivity index (χ3v) is 2.34. The minimum atomic E-state index is -0.695. The number of carbonyl (C=O) groups excluding carboxylic acids is 1. The summed E-state index contributed by atoms with van der Waals surface area (Å²) in [4.78, 5) is 25.1. The van der Waals surface area contributed by atoms with Crippen molar-refractivity contribution in [3.8, 4) is 5.75 Å². The number of esters is 1. The second kappa shape index (κ2) is 4.84. The first-order chi connectivity index (χ1) is 8.16. The Morgan fingerprint density at radius 2 is 1.82 bits per heavy atom. The molecule has 0 atom stereocenters. The Morgan fingerprint density at radius 1 is 1.12 bits per heavy atom. The zero-order valence-corrected chi connectivity index (χ0v) is 9.40. The molecule has 0 saturated heterocycles. The monoisotopic (exact) mass is 249 g/mol. The van der Waals surface area contributed by atoms with Crippen LogP contribution in [0, 0.1) is 0 Å². The van der Waals surface area contributed by atoms with E-state index in [2.05, 4.69) is 4.98 Å². The second-order valence-electron chi connectivity index (χ2n) is 3.25. The van der Waals surface area contributed by atoms with E-state index in [0.29, 0.717) is 5.75 Å². The van der Waals surface area contributed by atoms with E-state index < -0.39 is 11.5 Å². The third kappa shape index (κ3) is 2.73. The van der Waals surface area contributed by atoms with Crippen LogP contribution in [-0.4, -0.2) is 11.0 Å². The number of carbonyl (C=O) groups is 1. The van der Waals surface area contributed by atoms with Crippen LogP contribution in [0.2, 0.25) is 5.02 Å². The summed E-state index contributed by atoms with van der Waals surface area (Å²) in [6.45, 7) is 0. The van der Waals surface area contributed by atoms with Gasteiger partial charge in [0.25, 0.3) is 0 Å². The number of halogens is 1. The van der Waals surface area contributed by atoms with Gasteiger partial charge in [0.1, 0.15) is 11.4 Å². The molecule has 0 bridgehead atoms. The van der Waals surface area contributed by atoms with Crippen LogP contribution in [0.3, 0.4) is 0 Å². The van der Waals surface area contributed by atoms with Crippen molar-refractivity contribution in [3.05, 3.63) is 63.5 Å². The van der Waals surface area contributed by atoms with E-state index in [0.717, 1.165) is 0 Å². The number of pyridine rings is 1. The van der Waals surface area contributed by atoms with E-state index in [1.54, 1.807) is 30.3 Å². The van der Waals surface area contributed by atoms with Gasteiger partial charge in [-0.2, -0.15) is 0 Å². The number of rotatable bonds is 2. The lowest BCUT2D eigenvalue weighted by Gasteiger charge is -2.04. The maximum absolute atomic E-state index is 11.7. The molecule has 5 heteroatoms. The summed E-state index contributed by atoms with van der Waals surface area (Å²) in [5, 5.41) is 0.144. The molecule has 0 radical (unpaired) electrons. The van der Waals surface area contributed by atoms with Crippen LogP contribution in [0.5, 0.6) is 5.75 Å². The normalized spacial score (nSPS) is 9.94. The standard InChI is InChI=1S/C12H8ClNO3/c13-9-6-7-10(15)14-11(9)12(16)17-8-4-2-1-3-5-8/h1-7H,(H,14,15).